The molecule has 1 aliphatic rings. The molecule has 0 aliphatic carbocycles. The van der Waals surface area contributed by atoms with Gasteiger partial charge in [-0.3, -0.25) is 14.9 Å². The van der Waals surface area contributed by atoms with Crippen molar-refractivity contribution in [3.63, 3.8) is 0 Å². The zero-order valence-electron chi connectivity index (χ0n) is 15.2. The zero-order valence-corrected chi connectivity index (χ0v) is 16.0. The van der Waals surface area contributed by atoms with E-state index in [4.69, 9.17) is 0 Å². The Hall–Kier alpha value is -1.57. The third-order valence-electron chi connectivity index (χ3n) is 4.32. The van der Waals surface area contributed by atoms with Crippen LogP contribution in [0.3, 0.4) is 0 Å². The maximum Gasteiger partial charge on any atom is 0.0545 e. The van der Waals surface area contributed by atoms with Crippen LogP contribution in [-0.4, -0.2) is 54.1 Å². The van der Waals surface area contributed by atoms with Crippen molar-refractivity contribution in [2.45, 2.75) is 19.6 Å². The van der Waals surface area contributed by atoms with E-state index in [-0.39, 0.29) is 12.4 Å². The van der Waals surface area contributed by atoms with Crippen LogP contribution in [0.1, 0.15) is 17.1 Å². The van der Waals surface area contributed by atoms with Gasteiger partial charge in [-0.25, -0.2) is 0 Å². The standard InChI is InChI=1S/C19H28N6.ClH/c1-2-7-23-17(4-1)14-20-8-11-25-12-9-21-15-18-5-3-6-19(24-18)16-22-10-13-25;/h1-7,20-22H,8-16H2;1H. The molecule has 3 N–H and O–H groups in total. The van der Waals surface area contributed by atoms with E-state index in [1.165, 1.54) is 0 Å². The monoisotopic (exact) mass is 376 g/mol. The second kappa shape index (κ2) is 11.9. The molecule has 0 unspecified atom stereocenters. The van der Waals surface area contributed by atoms with E-state index in [9.17, 15) is 0 Å². The van der Waals surface area contributed by atoms with E-state index in [0.29, 0.717) is 0 Å². The average molecular weight is 377 g/mol. The highest BCUT2D eigenvalue weighted by molar-refractivity contribution is 5.85. The highest BCUT2D eigenvalue weighted by atomic mass is 35.5. The van der Waals surface area contributed by atoms with Gasteiger partial charge in [-0.15, -0.1) is 12.4 Å². The first kappa shape index (κ1) is 20.7. The first-order chi connectivity index (χ1) is 12.4. The number of halogens is 1. The number of pyridine rings is 2. The summed E-state index contributed by atoms with van der Waals surface area (Å²) in [5.74, 6) is 0. The predicted molar refractivity (Wildman–Crippen MR) is 107 cm³/mol. The molecule has 3 rings (SSSR count). The lowest BCUT2D eigenvalue weighted by atomic mass is 10.3. The van der Waals surface area contributed by atoms with Crippen LogP contribution in [-0.2, 0) is 19.6 Å². The fourth-order valence-corrected chi connectivity index (χ4v) is 2.93. The molecule has 0 aromatic carbocycles. The molecule has 26 heavy (non-hydrogen) atoms. The summed E-state index contributed by atoms with van der Waals surface area (Å²) in [6, 6.07) is 12.3. The van der Waals surface area contributed by atoms with Crippen LogP contribution in [0.4, 0.5) is 0 Å². The lowest BCUT2D eigenvalue weighted by Crippen LogP contribution is -2.40. The van der Waals surface area contributed by atoms with Crippen molar-refractivity contribution in [3.8, 4) is 0 Å². The van der Waals surface area contributed by atoms with Crippen LogP contribution in [0.2, 0.25) is 0 Å². The van der Waals surface area contributed by atoms with E-state index in [0.717, 1.165) is 76.0 Å². The predicted octanol–water partition coefficient (Wildman–Crippen LogP) is 1.18. The molecule has 2 bridgehead atoms. The van der Waals surface area contributed by atoms with E-state index in [1.807, 2.05) is 18.3 Å². The summed E-state index contributed by atoms with van der Waals surface area (Å²) in [5, 5.41) is 10.5. The van der Waals surface area contributed by atoms with Crippen molar-refractivity contribution in [1.29, 1.82) is 0 Å². The van der Waals surface area contributed by atoms with Crippen LogP contribution < -0.4 is 16.0 Å². The Balaban J connectivity index is 0.00000243. The molecule has 2 aromatic rings. The van der Waals surface area contributed by atoms with Gasteiger partial charge < -0.3 is 16.0 Å². The summed E-state index contributed by atoms with van der Waals surface area (Å²) in [6.07, 6.45) is 1.84. The van der Waals surface area contributed by atoms with Gasteiger partial charge in [0.15, 0.2) is 0 Å². The molecule has 0 atom stereocenters. The summed E-state index contributed by atoms with van der Waals surface area (Å²) >= 11 is 0. The van der Waals surface area contributed by atoms with Crippen LogP contribution in [0, 0.1) is 0 Å². The second-order valence-electron chi connectivity index (χ2n) is 6.31. The van der Waals surface area contributed by atoms with Gasteiger partial charge in [0.05, 0.1) is 17.1 Å². The molecule has 0 amide bonds. The van der Waals surface area contributed by atoms with Gasteiger partial charge in [0.1, 0.15) is 0 Å². The molecule has 1 aliphatic heterocycles. The number of nitrogens with one attached hydrogen (secondary N) is 3. The maximum absolute atomic E-state index is 4.66. The fourth-order valence-electron chi connectivity index (χ4n) is 2.93. The number of hydrogen-bond acceptors (Lipinski definition) is 6. The van der Waals surface area contributed by atoms with Crippen molar-refractivity contribution >= 4 is 12.4 Å². The molecule has 0 fully saturated rings. The van der Waals surface area contributed by atoms with Crippen molar-refractivity contribution in [3.05, 3.63) is 59.7 Å². The summed E-state index contributed by atoms with van der Waals surface area (Å²) in [6.45, 7) is 8.55. The number of rotatable bonds is 5. The number of nitrogens with zero attached hydrogens (tertiary/aromatic N) is 3. The minimum absolute atomic E-state index is 0. The number of hydrogen-bond donors (Lipinski definition) is 3. The number of fused-ring (bicyclic) bond motifs is 2. The Labute approximate surface area is 162 Å². The molecule has 142 valence electrons. The molecule has 3 heterocycles. The van der Waals surface area contributed by atoms with Gasteiger partial charge in [0.25, 0.3) is 0 Å². The first-order valence-corrected chi connectivity index (χ1v) is 9.09. The van der Waals surface area contributed by atoms with Gasteiger partial charge in [0, 0.05) is 65.1 Å². The molecule has 0 spiro atoms. The molecule has 0 radical (unpaired) electrons. The van der Waals surface area contributed by atoms with Gasteiger partial charge in [0.2, 0.25) is 0 Å². The summed E-state index contributed by atoms with van der Waals surface area (Å²) < 4.78 is 0. The third-order valence-corrected chi connectivity index (χ3v) is 4.32. The van der Waals surface area contributed by atoms with Crippen molar-refractivity contribution in [2.24, 2.45) is 0 Å². The van der Waals surface area contributed by atoms with Crippen LogP contribution >= 0.6 is 12.4 Å². The lowest BCUT2D eigenvalue weighted by molar-refractivity contribution is 0.270. The lowest BCUT2D eigenvalue weighted by Gasteiger charge is -2.23. The van der Waals surface area contributed by atoms with Crippen LogP contribution in [0.5, 0.6) is 0 Å². The average Bonchev–Trinajstić information content (AvgIpc) is 2.65. The van der Waals surface area contributed by atoms with Crippen LogP contribution in [0.15, 0.2) is 42.6 Å². The summed E-state index contributed by atoms with van der Waals surface area (Å²) in [7, 11) is 0. The van der Waals surface area contributed by atoms with Crippen molar-refractivity contribution < 1.29 is 0 Å². The summed E-state index contributed by atoms with van der Waals surface area (Å²) in [4.78, 5) is 11.5. The quantitative estimate of drug-likeness (QED) is 0.681. The van der Waals surface area contributed by atoms with Gasteiger partial charge in [-0.1, -0.05) is 12.1 Å². The Kier molecular flexibility index (Phi) is 9.52. The van der Waals surface area contributed by atoms with Crippen molar-refractivity contribution in [1.82, 2.24) is 30.8 Å². The second-order valence-corrected chi connectivity index (χ2v) is 6.31. The minimum Gasteiger partial charge on any atom is -0.310 e. The highest BCUT2D eigenvalue weighted by Crippen LogP contribution is 2.00. The molecule has 0 saturated carbocycles. The molecule has 6 nitrogen and oxygen atoms in total. The van der Waals surface area contributed by atoms with E-state index < -0.39 is 0 Å². The Morgan fingerprint density at radius 3 is 2.35 bits per heavy atom. The molecular weight excluding hydrogens is 348 g/mol. The number of aromatic nitrogens is 2. The maximum atomic E-state index is 4.66. The molecular formula is C19H29ClN6. The largest absolute Gasteiger partial charge is 0.310 e. The molecule has 7 heteroatoms. The fraction of sp³-hybridized carbons (Fsp3) is 0.474. The van der Waals surface area contributed by atoms with Gasteiger partial charge in [-0.05, 0) is 24.3 Å². The highest BCUT2D eigenvalue weighted by Gasteiger charge is 2.06. The minimum atomic E-state index is 0. The van der Waals surface area contributed by atoms with E-state index >= 15 is 0 Å². The summed E-state index contributed by atoms with van der Waals surface area (Å²) in [5.41, 5.74) is 3.32. The Morgan fingerprint density at radius 1 is 0.962 bits per heavy atom. The van der Waals surface area contributed by atoms with Gasteiger partial charge >= 0.3 is 0 Å². The normalized spacial score (nSPS) is 16.2. The first-order valence-electron chi connectivity index (χ1n) is 9.09. The van der Waals surface area contributed by atoms with Gasteiger partial charge in [-0.2, -0.15) is 0 Å². The Bertz CT molecular complexity index is 597. The zero-order chi connectivity index (χ0) is 17.2. The molecule has 2 aromatic heterocycles. The third kappa shape index (κ3) is 7.35. The molecule has 0 saturated heterocycles. The smallest absolute Gasteiger partial charge is 0.0545 e. The topological polar surface area (TPSA) is 65.1 Å². The van der Waals surface area contributed by atoms with E-state index in [2.05, 4.69) is 55.1 Å². The van der Waals surface area contributed by atoms with E-state index in [1.54, 1.807) is 0 Å². The van der Waals surface area contributed by atoms with Crippen LogP contribution in [0.25, 0.3) is 0 Å². The SMILES string of the molecule is Cl.c1ccc(CNCCN2CCNCc3cccc(n3)CNCC2)nc1. The van der Waals surface area contributed by atoms with Crippen molar-refractivity contribution in [2.75, 3.05) is 39.3 Å². The Morgan fingerprint density at radius 2 is 1.69 bits per heavy atom.